The lowest BCUT2D eigenvalue weighted by molar-refractivity contribution is 0.0526. The Kier molecular flexibility index (Phi) is 5.03. The molecule has 130 valence electrons. The number of fused-ring (bicyclic) bond motifs is 1. The monoisotopic (exact) mass is 339 g/mol. The van der Waals surface area contributed by atoms with Crippen molar-refractivity contribution in [3.8, 4) is 5.75 Å². The SMILES string of the molecule is CCOC(=O)c1ccc(CN2CCOc3ccc(C(C)=O)cc32)cc1. The summed E-state index contributed by atoms with van der Waals surface area (Å²) < 4.78 is 10.7. The summed E-state index contributed by atoms with van der Waals surface area (Å²) >= 11 is 0. The quantitative estimate of drug-likeness (QED) is 0.617. The minimum absolute atomic E-state index is 0.0344. The van der Waals surface area contributed by atoms with Crippen molar-refractivity contribution in [1.82, 2.24) is 0 Å². The van der Waals surface area contributed by atoms with Gasteiger partial charge < -0.3 is 14.4 Å². The number of ether oxygens (including phenoxy) is 2. The van der Waals surface area contributed by atoms with Gasteiger partial charge in [0.1, 0.15) is 12.4 Å². The molecule has 0 saturated heterocycles. The first-order chi connectivity index (χ1) is 12.1. The van der Waals surface area contributed by atoms with Crippen LogP contribution < -0.4 is 9.64 Å². The highest BCUT2D eigenvalue weighted by atomic mass is 16.5. The summed E-state index contributed by atoms with van der Waals surface area (Å²) in [7, 11) is 0. The Labute approximate surface area is 147 Å². The van der Waals surface area contributed by atoms with E-state index < -0.39 is 0 Å². The number of nitrogens with zero attached hydrogens (tertiary/aromatic N) is 1. The molecule has 1 heterocycles. The summed E-state index contributed by atoms with van der Waals surface area (Å²) in [6, 6.07) is 12.9. The maximum Gasteiger partial charge on any atom is 0.338 e. The molecule has 2 aromatic rings. The van der Waals surface area contributed by atoms with E-state index in [1.54, 1.807) is 32.0 Å². The fourth-order valence-corrected chi connectivity index (χ4v) is 2.84. The summed E-state index contributed by atoms with van der Waals surface area (Å²) in [4.78, 5) is 25.6. The van der Waals surface area contributed by atoms with Crippen molar-refractivity contribution in [3.05, 3.63) is 59.2 Å². The van der Waals surface area contributed by atoms with Gasteiger partial charge in [0.2, 0.25) is 0 Å². The predicted octanol–water partition coefficient (Wildman–Crippen LogP) is 3.46. The summed E-state index contributed by atoms with van der Waals surface area (Å²) in [6.07, 6.45) is 0. The average Bonchev–Trinajstić information content (AvgIpc) is 2.62. The smallest absolute Gasteiger partial charge is 0.338 e. The molecule has 0 amide bonds. The van der Waals surface area contributed by atoms with Gasteiger partial charge in [0.05, 0.1) is 24.4 Å². The normalized spacial score (nSPS) is 13.0. The van der Waals surface area contributed by atoms with Crippen molar-refractivity contribution in [2.75, 3.05) is 24.7 Å². The highest BCUT2D eigenvalue weighted by molar-refractivity contribution is 5.95. The summed E-state index contributed by atoms with van der Waals surface area (Å²) in [5.41, 5.74) is 3.22. The number of hydrogen-bond donors (Lipinski definition) is 0. The van der Waals surface area contributed by atoms with Crippen LogP contribution in [0.4, 0.5) is 5.69 Å². The van der Waals surface area contributed by atoms with Crippen LogP contribution >= 0.6 is 0 Å². The number of benzene rings is 2. The lowest BCUT2D eigenvalue weighted by Gasteiger charge is -2.31. The lowest BCUT2D eigenvalue weighted by Crippen LogP contribution is -2.32. The van der Waals surface area contributed by atoms with Gasteiger partial charge in [0.15, 0.2) is 5.78 Å². The third kappa shape index (κ3) is 3.82. The Morgan fingerprint density at radius 1 is 1.12 bits per heavy atom. The zero-order valence-corrected chi connectivity index (χ0v) is 14.5. The number of carbonyl (C=O) groups excluding carboxylic acids is 2. The first-order valence-corrected chi connectivity index (χ1v) is 8.37. The Bertz CT molecular complexity index is 783. The molecule has 0 radical (unpaired) electrons. The van der Waals surface area contributed by atoms with E-state index in [-0.39, 0.29) is 11.8 Å². The van der Waals surface area contributed by atoms with Crippen LogP contribution in [-0.4, -0.2) is 31.5 Å². The second-order valence-electron chi connectivity index (χ2n) is 5.93. The van der Waals surface area contributed by atoms with Crippen molar-refractivity contribution in [3.63, 3.8) is 0 Å². The summed E-state index contributed by atoms with van der Waals surface area (Å²) in [5, 5.41) is 0. The topological polar surface area (TPSA) is 55.8 Å². The van der Waals surface area contributed by atoms with Crippen LogP contribution in [0.25, 0.3) is 0 Å². The molecule has 3 rings (SSSR count). The second-order valence-corrected chi connectivity index (χ2v) is 5.93. The van der Waals surface area contributed by atoms with E-state index in [2.05, 4.69) is 4.90 Å². The van der Waals surface area contributed by atoms with Crippen molar-refractivity contribution in [2.24, 2.45) is 0 Å². The fraction of sp³-hybridized carbons (Fsp3) is 0.300. The number of carbonyl (C=O) groups is 2. The molecule has 0 fully saturated rings. The van der Waals surface area contributed by atoms with E-state index in [1.807, 2.05) is 24.3 Å². The molecule has 0 aliphatic carbocycles. The standard InChI is InChI=1S/C20H21NO4/c1-3-24-20(23)16-6-4-15(5-7-16)13-21-10-11-25-19-9-8-17(14(2)22)12-18(19)21/h4-9,12H,3,10-11,13H2,1-2H3. The highest BCUT2D eigenvalue weighted by Crippen LogP contribution is 2.33. The molecule has 0 spiro atoms. The van der Waals surface area contributed by atoms with Gasteiger partial charge in [-0.25, -0.2) is 4.79 Å². The van der Waals surface area contributed by atoms with Gasteiger partial charge in [-0.05, 0) is 49.7 Å². The maximum atomic E-state index is 11.7. The van der Waals surface area contributed by atoms with E-state index >= 15 is 0 Å². The molecule has 0 unspecified atom stereocenters. The average molecular weight is 339 g/mol. The molecule has 1 aliphatic rings. The number of rotatable bonds is 5. The van der Waals surface area contributed by atoms with Gasteiger partial charge >= 0.3 is 5.97 Å². The zero-order chi connectivity index (χ0) is 17.8. The summed E-state index contributed by atoms with van der Waals surface area (Å²) in [5.74, 6) is 0.517. The third-order valence-corrected chi connectivity index (χ3v) is 4.16. The molecule has 5 heteroatoms. The van der Waals surface area contributed by atoms with Crippen LogP contribution in [0, 0.1) is 0 Å². The zero-order valence-electron chi connectivity index (χ0n) is 14.5. The Hall–Kier alpha value is -2.82. The first kappa shape index (κ1) is 17.0. The van der Waals surface area contributed by atoms with Crippen molar-refractivity contribution in [2.45, 2.75) is 20.4 Å². The van der Waals surface area contributed by atoms with E-state index in [1.165, 1.54) is 0 Å². The molecule has 2 aromatic carbocycles. The molecular formula is C20H21NO4. The van der Waals surface area contributed by atoms with E-state index in [9.17, 15) is 9.59 Å². The van der Waals surface area contributed by atoms with Crippen molar-refractivity contribution in [1.29, 1.82) is 0 Å². The minimum atomic E-state index is -0.308. The third-order valence-electron chi connectivity index (χ3n) is 4.16. The molecule has 0 bridgehead atoms. The summed E-state index contributed by atoms with van der Waals surface area (Å²) in [6.45, 7) is 5.74. The first-order valence-electron chi connectivity index (χ1n) is 8.37. The number of anilines is 1. The lowest BCUT2D eigenvalue weighted by atomic mass is 10.1. The minimum Gasteiger partial charge on any atom is -0.490 e. The Morgan fingerprint density at radius 2 is 1.84 bits per heavy atom. The van der Waals surface area contributed by atoms with Crippen LogP contribution in [0.5, 0.6) is 5.75 Å². The number of ketones is 1. The van der Waals surface area contributed by atoms with Gasteiger partial charge in [0, 0.05) is 12.1 Å². The van der Waals surface area contributed by atoms with Crippen molar-refractivity contribution < 1.29 is 19.1 Å². The number of esters is 1. The predicted molar refractivity (Wildman–Crippen MR) is 95.4 cm³/mol. The maximum absolute atomic E-state index is 11.7. The fourth-order valence-electron chi connectivity index (χ4n) is 2.84. The van der Waals surface area contributed by atoms with Crippen LogP contribution in [0.1, 0.15) is 40.1 Å². The number of hydrogen-bond acceptors (Lipinski definition) is 5. The van der Waals surface area contributed by atoms with Gasteiger partial charge in [-0.2, -0.15) is 0 Å². The highest BCUT2D eigenvalue weighted by Gasteiger charge is 2.19. The molecule has 0 atom stereocenters. The van der Waals surface area contributed by atoms with Crippen LogP contribution in [0.15, 0.2) is 42.5 Å². The molecular weight excluding hydrogens is 318 g/mol. The van der Waals surface area contributed by atoms with Gasteiger partial charge in [0.25, 0.3) is 0 Å². The second kappa shape index (κ2) is 7.38. The Morgan fingerprint density at radius 3 is 2.52 bits per heavy atom. The van der Waals surface area contributed by atoms with Gasteiger partial charge in [-0.3, -0.25) is 4.79 Å². The molecule has 0 N–H and O–H groups in total. The Balaban J connectivity index is 1.79. The molecule has 5 nitrogen and oxygen atoms in total. The van der Waals surface area contributed by atoms with E-state index in [4.69, 9.17) is 9.47 Å². The van der Waals surface area contributed by atoms with E-state index in [0.29, 0.717) is 30.9 Å². The van der Waals surface area contributed by atoms with Crippen LogP contribution in [0.3, 0.4) is 0 Å². The number of Topliss-reactive ketones (excluding diaryl/α,β-unsaturated/α-hetero) is 1. The largest absolute Gasteiger partial charge is 0.490 e. The molecule has 25 heavy (non-hydrogen) atoms. The molecule has 0 saturated carbocycles. The van der Waals surface area contributed by atoms with Crippen molar-refractivity contribution >= 4 is 17.4 Å². The van der Waals surface area contributed by atoms with Crippen LogP contribution in [-0.2, 0) is 11.3 Å². The molecule has 0 aromatic heterocycles. The van der Waals surface area contributed by atoms with Gasteiger partial charge in [-0.1, -0.05) is 12.1 Å². The molecule has 1 aliphatic heterocycles. The van der Waals surface area contributed by atoms with E-state index in [0.717, 1.165) is 23.5 Å². The van der Waals surface area contributed by atoms with Crippen LogP contribution in [0.2, 0.25) is 0 Å². The van der Waals surface area contributed by atoms with Gasteiger partial charge in [-0.15, -0.1) is 0 Å².